The molecule has 0 saturated heterocycles. The van der Waals surface area contributed by atoms with Gasteiger partial charge in [0.15, 0.2) is 0 Å². The lowest BCUT2D eigenvalue weighted by Gasteiger charge is -2.13. The van der Waals surface area contributed by atoms with Gasteiger partial charge in [0, 0.05) is 5.69 Å². The van der Waals surface area contributed by atoms with Gasteiger partial charge in [-0.1, -0.05) is 49.4 Å². The minimum absolute atomic E-state index is 0.195. The van der Waals surface area contributed by atoms with E-state index in [-0.39, 0.29) is 5.91 Å². The van der Waals surface area contributed by atoms with Gasteiger partial charge in [0.2, 0.25) is 5.91 Å². The third-order valence-corrected chi connectivity index (χ3v) is 3.04. The molecule has 0 heterocycles. The number of rotatable bonds is 4. The quantitative estimate of drug-likeness (QED) is 0.881. The molecule has 2 aromatic rings. The summed E-state index contributed by atoms with van der Waals surface area (Å²) in [5.41, 5.74) is 8.73. The van der Waals surface area contributed by atoms with Crippen LogP contribution < -0.4 is 11.1 Å². The minimum Gasteiger partial charge on any atom is -0.324 e. The lowest BCUT2D eigenvalue weighted by molar-refractivity contribution is -0.117. The topological polar surface area (TPSA) is 55.1 Å². The first-order valence-electron chi connectivity index (χ1n) is 6.41. The smallest absolute Gasteiger partial charge is 0.245 e. The summed E-state index contributed by atoms with van der Waals surface area (Å²) in [6, 6.07) is 16.5. The Morgan fingerprint density at radius 2 is 1.89 bits per heavy atom. The monoisotopic (exact) mass is 254 g/mol. The maximum atomic E-state index is 12.1. The Hall–Kier alpha value is -2.13. The van der Waals surface area contributed by atoms with Crippen molar-refractivity contribution in [2.75, 3.05) is 5.32 Å². The molecule has 1 atom stereocenters. The van der Waals surface area contributed by atoms with Crippen molar-refractivity contribution in [3.8, 4) is 0 Å². The third-order valence-electron chi connectivity index (χ3n) is 3.04. The van der Waals surface area contributed by atoms with Gasteiger partial charge >= 0.3 is 0 Å². The van der Waals surface area contributed by atoms with Crippen LogP contribution in [0.1, 0.15) is 24.1 Å². The standard InChI is InChI=1S/C16H18N2O/c1-2-12-7-6-10-14(11-12)18-16(19)15(17)13-8-4-3-5-9-13/h3-11,15H,2,17H2,1H3,(H,18,19). The fourth-order valence-electron chi connectivity index (χ4n) is 1.90. The van der Waals surface area contributed by atoms with Gasteiger partial charge in [-0.2, -0.15) is 0 Å². The Morgan fingerprint density at radius 3 is 2.58 bits per heavy atom. The highest BCUT2D eigenvalue weighted by atomic mass is 16.2. The van der Waals surface area contributed by atoms with Crippen molar-refractivity contribution in [2.45, 2.75) is 19.4 Å². The van der Waals surface area contributed by atoms with E-state index in [0.29, 0.717) is 0 Å². The molecule has 2 rings (SSSR count). The molecule has 0 aromatic heterocycles. The molecule has 3 heteroatoms. The van der Waals surface area contributed by atoms with Crippen LogP contribution in [0.3, 0.4) is 0 Å². The molecule has 0 bridgehead atoms. The molecule has 0 saturated carbocycles. The largest absolute Gasteiger partial charge is 0.324 e. The lowest BCUT2D eigenvalue weighted by atomic mass is 10.1. The highest BCUT2D eigenvalue weighted by Gasteiger charge is 2.15. The summed E-state index contributed by atoms with van der Waals surface area (Å²) in [4.78, 5) is 12.1. The van der Waals surface area contributed by atoms with Gasteiger partial charge in [-0.05, 0) is 29.7 Å². The number of nitrogens with two attached hydrogens (primary N) is 1. The van der Waals surface area contributed by atoms with Gasteiger partial charge in [-0.15, -0.1) is 0 Å². The van der Waals surface area contributed by atoms with Crippen LogP contribution in [0.5, 0.6) is 0 Å². The molecule has 0 radical (unpaired) electrons. The Kier molecular flexibility index (Phi) is 4.31. The van der Waals surface area contributed by atoms with Gasteiger partial charge < -0.3 is 11.1 Å². The van der Waals surface area contributed by atoms with Crippen LogP contribution in [0.25, 0.3) is 0 Å². The van der Waals surface area contributed by atoms with E-state index in [1.54, 1.807) is 0 Å². The van der Waals surface area contributed by atoms with Crippen molar-refractivity contribution in [1.82, 2.24) is 0 Å². The van der Waals surface area contributed by atoms with Crippen molar-refractivity contribution in [1.29, 1.82) is 0 Å². The number of carbonyl (C=O) groups excluding carboxylic acids is 1. The fraction of sp³-hybridized carbons (Fsp3) is 0.188. The van der Waals surface area contributed by atoms with Gasteiger partial charge in [0.1, 0.15) is 6.04 Å². The molecule has 3 N–H and O–H groups in total. The molecule has 1 unspecified atom stereocenters. The molecule has 0 aliphatic rings. The second-order valence-electron chi connectivity index (χ2n) is 4.43. The van der Waals surface area contributed by atoms with Crippen LogP contribution in [-0.4, -0.2) is 5.91 Å². The first-order valence-corrected chi connectivity index (χ1v) is 6.41. The average Bonchev–Trinajstić information content (AvgIpc) is 2.47. The number of hydrogen-bond donors (Lipinski definition) is 2. The van der Waals surface area contributed by atoms with Gasteiger partial charge in [0.05, 0.1) is 0 Å². The van der Waals surface area contributed by atoms with Crippen molar-refractivity contribution < 1.29 is 4.79 Å². The zero-order valence-electron chi connectivity index (χ0n) is 11.0. The van der Waals surface area contributed by atoms with E-state index >= 15 is 0 Å². The number of nitrogens with one attached hydrogen (secondary N) is 1. The molecule has 3 nitrogen and oxygen atoms in total. The maximum Gasteiger partial charge on any atom is 0.245 e. The molecule has 1 amide bonds. The number of anilines is 1. The number of benzene rings is 2. The van der Waals surface area contributed by atoms with E-state index in [9.17, 15) is 4.79 Å². The summed E-state index contributed by atoms with van der Waals surface area (Å²) in [5.74, 6) is -0.195. The van der Waals surface area contributed by atoms with E-state index in [0.717, 1.165) is 17.7 Å². The number of hydrogen-bond acceptors (Lipinski definition) is 2. The second-order valence-corrected chi connectivity index (χ2v) is 4.43. The van der Waals surface area contributed by atoms with Gasteiger partial charge in [-0.25, -0.2) is 0 Å². The summed E-state index contributed by atoms with van der Waals surface area (Å²) >= 11 is 0. The van der Waals surface area contributed by atoms with E-state index in [2.05, 4.69) is 12.2 Å². The molecule has 2 aromatic carbocycles. The predicted octanol–water partition coefficient (Wildman–Crippen LogP) is 2.89. The third kappa shape index (κ3) is 3.42. The molecular formula is C16H18N2O. The SMILES string of the molecule is CCc1cccc(NC(=O)C(N)c2ccccc2)c1. The van der Waals surface area contributed by atoms with Crippen LogP contribution in [0.2, 0.25) is 0 Å². The van der Waals surface area contributed by atoms with Crippen LogP contribution >= 0.6 is 0 Å². The maximum absolute atomic E-state index is 12.1. The van der Waals surface area contributed by atoms with Crippen molar-refractivity contribution in [2.24, 2.45) is 5.73 Å². The van der Waals surface area contributed by atoms with E-state index in [4.69, 9.17) is 5.73 Å². The zero-order valence-corrected chi connectivity index (χ0v) is 11.0. The average molecular weight is 254 g/mol. The van der Waals surface area contributed by atoms with E-state index in [1.165, 1.54) is 5.56 Å². The Labute approximate surface area is 113 Å². The Bertz CT molecular complexity index is 552. The second kappa shape index (κ2) is 6.16. The Balaban J connectivity index is 2.08. The van der Waals surface area contributed by atoms with Crippen molar-refractivity contribution in [3.05, 3.63) is 65.7 Å². The molecule has 19 heavy (non-hydrogen) atoms. The predicted molar refractivity (Wildman–Crippen MR) is 77.8 cm³/mol. The van der Waals surface area contributed by atoms with Crippen molar-refractivity contribution in [3.63, 3.8) is 0 Å². The van der Waals surface area contributed by atoms with Crippen LogP contribution in [0.4, 0.5) is 5.69 Å². The lowest BCUT2D eigenvalue weighted by Crippen LogP contribution is -2.27. The first-order chi connectivity index (χ1) is 9.20. The summed E-state index contributed by atoms with van der Waals surface area (Å²) in [5, 5.41) is 2.85. The highest BCUT2D eigenvalue weighted by molar-refractivity contribution is 5.95. The number of carbonyl (C=O) groups is 1. The molecule has 0 spiro atoms. The van der Waals surface area contributed by atoms with Crippen LogP contribution in [0, 0.1) is 0 Å². The zero-order chi connectivity index (χ0) is 13.7. The highest BCUT2D eigenvalue weighted by Crippen LogP contribution is 2.15. The molecular weight excluding hydrogens is 236 g/mol. The van der Waals surface area contributed by atoms with Gasteiger partial charge in [-0.3, -0.25) is 4.79 Å². The van der Waals surface area contributed by atoms with E-state index in [1.807, 2.05) is 54.6 Å². The fourth-order valence-corrected chi connectivity index (χ4v) is 1.90. The molecule has 0 fully saturated rings. The van der Waals surface area contributed by atoms with Gasteiger partial charge in [0.25, 0.3) is 0 Å². The number of amides is 1. The van der Waals surface area contributed by atoms with Crippen LogP contribution in [0.15, 0.2) is 54.6 Å². The summed E-state index contributed by atoms with van der Waals surface area (Å²) in [6.07, 6.45) is 0.939. The normalized spacial score (nSPS) is 11.9. The van der Waals surface area contributed by atoms with Crippen LogP contribution in [-0.2, 0) is 11.2 Å². The Morgan fingerprint density at radius 1 is 1.16 bits per heavy atom. The first kappa shape index (κ1) is 13.3. The summed E-state index contributed by atoms with van der Waals surface area (Å²) in [6.45, 7) is 2.08. The van der Waals surface area contributed by atoms with Crippen molar-refractivity contribution >= 4 is 11.6 Å². The minimum atomic E-state index is -0.647. The summed E-state index contributed by atoms with van der Waals surface area (Å²) < 4.78 is 0. The van der Waals surface area contributed by atoms with E-state index < -0.39 is 6.04 Å². The molecule has 98 valence electrons. The molecule has 0 aliphatic heterocycles. The summed E-state index contributed by atoms with van der Waals surface area (Å²) in [7, 11) is 0. The molecule has 0 aliphatic carbocycles. The number of aryl methyl sites for hydroxylation is 1.